The van der Waals surface area contributed by atoms with Crippen LogP contribution in [0.25, 0.3) is 0 Å². The van der Waals surface area contributed by atoms with Crippen LogP contribution < -0.4 is 10.1 Å². The first-order chi connectivity index (χ1) is 13.0. The average Bonchev–Trinajstić information content (AvgIpc) is 3.12. The summed E-state index contributed by atoms with van der Waals surface area (Å²) in [6.07, 6.45) is -0.0758. The predicted octanol–water partition coefficient (Wildman–Crippen LogP) is 3.33. The second-order valence-electron chi connectivity index (χ2n) is 6.36. The van der Waals surface area contributed by atoms with Crippen LogP contribution in [0.15, 0.2) is 48.5 Å². The topological polar surface area (TPSA) is 78.9 Å². The van der Waals surface area contributed by atoms with Gasteiger partial charge in [0.1, 0.15) is 24.2 Å². The fourth-order valence-corrected chi connectivity index (χ4v) is 3.39. The van der Waals surface area contributed by atoms with E-state index in [1.54, 1.807) is 42.5 Å². The minimum absolute atomic E-state index is 0.107. The lowest BCUT2D eigenvalue weighted by atomic mass is 10.0. The van der Waals surface area contributed by atoms with E-state index in [9.17, 15) is 19.1 Å². The maximum absolute atomic E-state index is 13.6. The standard InChI is InChI=1S/C20H21FN2O4/c1-22-19(24)18-11-10-17(23(18)20(25)26)13-6-8-15(9-7-13)27-12-14-4-2-3-5-16(14)21/h2-9,17-18H,10-12H2,1H3,(H,22,24)(H,25,26)/t17-,18+/m1/s1. The Morgan fingerprint density at radius 1 is 1.19 bits per heavy atom. The van der Waals surface area contributed by atoms with Gasteiger partial charge >= 0.3 is 6.09 Å². The third kappa shape index (κ3) is 4.02. The van der Waals surface area contributed by atoms with Crippen LogP contribution in [0.4, 0.5) is 9.18 Å². The van der Waals surface area contributed by atoms with E-state index in [0.29, 0.717) is 24.2 Å². The number of likely N-dealkylation sites (N-methyl/N-ethyl adjacent to an activating group) is 1. The van der Waals surface area contributed by atoms with Gasteiger partial charge in [0.15, 0.2) is 0 Å². The molecule has 6 nitrogen and oxygen atoms in total. The molecule has 1 fully saturated rings. The molecule has 2 amide bonds. The van der Waals surface area contributed by atoms with E-state index in [1.165, 1.54) is 18.0 Å². The molecule has 3 rings (SSSR count). The zero-order chi connectivity index (χ0) is 19.4. The van der Waals surface area contributed by atoms with Crippen molar-refractivity contribution in [1.82, 2.24) is 10.2 Å². The molecule has 0 radical (unpaired) electrons. The van der Waals surface area contributed by atoms with Crippen molar-refractivity contribution >= 4 is 12.0 Å². The number of carbonyl (C=O) groups is 2. The minimum Gasteiger partial charge on any atom is -0.489 e. The highest BCUT2D eigenvalue weighted by atomic mass is 19.1. The summed E-state index contributed by atoms with van der Waals surface area (Å²) in [5, 5.41) is 12.1. The Balaban J connectivity index is 1.70. The van der Waals surface area contributed by atoms with E-state index in [2.05, 4.69) is 5.32 Å². The molecule has 142 valence electrons. The Labute approximate surface area is 156 Å². The molecule has 0 unspecified atom stereocenters. The molecule has 27 heavy (non-hydrogen) atoms. The molecule has 0 aliphatic carbocycles. The van der Waals surface area contributed by atoms with Gasteiger partial charge < -0.3 is 15.2 Å². The van der Waals surface area contributed by atoms with Crippen LogP contribution in [0.1, 0.15) is 30.0 Å². The lowest BCUT2D eigenvalue weighted by molar-refractivity contribution is -0.124. The van der Waals surface area contributed by atoms with Crippen molar-refractivity contribution in [3.05, 3.63) is 65.5 Å². The predicted molar refractivity (Wildman–Crippen MR) is 96.9 cm³/mol. The molecule has 1 heterocycles. The first-order valence-electron chi connectivity index (χ1n) is 8.70. The van der Waals surface area contributed by atoms with Crippen molar-refractivity contribution in [3.8, 4) is 5.75 Å². The summed E-state index contributed by atoms with van der Waals surface area (Å²) in [6.45, 7) is 0.107. The van der Waals surface area contributed by atoms with Gasteiger partial charge in [-0.2, -0.15) is 0 Å². The van der Waals surface area contributed by atoms with E-state index in [-0.39, 0.29) is 24.4 Å². The van der Waals surface area contributed by atoms with Crippen molar-refractivity contribution in [1.29, 1.82) is 0 Å². The average molecular weight is 372 g/mol. The van der Waals surface area contributed by atoms with Crippen molar-refractivity contribution in [3.63, 3.8) is 0 Å². The second kappa shape index (κ2) is 8.07. The molecule has 2 atom stereocenters. The van der Waals surface area contributed by atoms with Gasteiger partial charge in [0.2, 0.25) is 5.91 Å². The van der Waals surface area contributed by atoms with Crippen molar-refractivity contribution in [2.75, 3.05) is 7.05 Å². The Morgan fingerprint density at radius 3 is 2.52 bits per heavy atom. The number of hydrogen-bond donors (Lipinski definition) is 2. The third-order valence-electron chi connectivity index (χ3n) is 4.77. The second-order valence-corrected chi connectivity index (χ2v) is 6.36. The largest absolute Gasteiger partial charge is 0.489 e. The molecule has 7 heteroatoms. The summed E-state index contributed by atoms with van der Waals surface area (Å²) in [5.74, 6) is -0.0631. The van der Waals surface area contributed by atoms with Crippen LogP contribution in [0.3, 0.4) is 0 Å². The molecule has 1 aliphatic rings. The van der Waals surface area contributed by atoms with Crippen molar-refractivity contribution in [2.45, 2.75) is 31.5 Å². The summed E-state index contributed by atoms with van der Waals surface area (Å²) in [7, 11) is 1.50. The number of rotatable bonds is 5. The smallest absolute Gasteiger partial charge is 0.408 e. The number of carboxylic acid groups (broad SMARTS) is 1. The number of hydrogen-bond acceptors (Lipinski definition) is 3. The van der Waals surface area contributed by atoms with Gasteiger partial charge in [-0.1, -0.05) is 30.3 Å². The van der Waals surface area contributed by atoms with Gasteiger partial charge in [0.05, 0.1) is 6.04 Å². The zero-order valence-corrected chi connectivity index (χ0v) is 14.9. The quantitative estimate of drug-likeness (QED) is 0.844. The molecule has 1 aliphatic heterocycles. The third-order valence-corrected chi connectivity index (χ3v) is 4.77. The monoisotopic (exact) mass is 372 g/mol. The van der Waals surface area contributed by atoms with E-state index >= 15 is 0 Å². The fourth-order valence-electron chi connectivity index (χ4n) is 3.39. The van der Waals surface area contributed by atoms with Gasteiger partial charge in [-0.3, -0.25) is 9.69 Å². The first kappa shape index (κ1) is 18.7. The van der Waals surface area contributed by atoms with Crippen LogP contribution in [0, 0.1) is 5.82 Å². The zero-order valence-electron chi connectivity index (χ0n) is 14.9. The molecule has 0 aromatic heterocycles. The summed E-state index contributed by atoms with van der Waals surface area (Å²) < 4.78 is 19.2. The number of nitrogens with one attached hydrogen (secondary N) is 1. The Bertz CT molecular complexity index is 825. The molecule has 2 N–H and O–H groups in total. The fraction of sp³-hybridized carbons (Fsp3) is 0.300. The van der Waals surface area contributed by atoms with Crippen LogP contribution in [0.5, 0.6) is 5.75 Å². The molecule has 0 spiro atoms. The maximum atomic E-state index is 13.6. The van der Waals surface area contributed by atoms with E-state index in [1.807, 2.05) is 0 Å². The number of benzene rings is 2. The van der Waals surface area contributed by atoms with E-state index in [4.69, 9.17) is 4.74 Å². The highest BCUT2D eigenvalue weighted by molar-refractivity contribution is 5.85. The van der Waals surface area contributed by atoms with Gasteiger partial charge in [0.25, 0.3) is 0 Å². The molecule has 0 bridgehead atoms. The number of nitrogens with zero attached hydrogens (tertiary/aromatic N) is 1. The van der Waals surface area contributed by atoms with Crippen molar-refractivity contribution in [2.24, 2.45) is 0 Å². The Hall–Kier alpha value is -3.09. The molecular weight excluding hydrogens is 351 g/mol. The van der Waals surface area contributed by atoms with Crippen LogP contribution in [0.2, 0.25) is 0 Å². The Morgan fingerprint density at radius 2 is 1.89 bits per heavy atom. The number of halogens is 1. The highest BCUT2D eigenvalue weighted by Crippen LogP contribution is 2.36. The molecule has 2 aromatic rings. The van der Waals surface area contributed by atoms with Crippen LogP contribution in [-0.2, 0) is 11.4 Å². The van der Waals surface area contributed by atoms with Gasteiger partial charge in [-0.05, 0) is 36.6 Å². The minimum atomic E-state index is -1.12. The van der Waals surface area contributed by atoms with Crippen LogP contribution in [-0.4, -0.2) is 35.1 Å². The van der Waals surface area contributed by atoms with E-state index in [0.717, 1.165) is 5.56 Å². The number of likely N-dealkylation sites (tertiary alicyclic amines) is 1. The van der Waals surface area contributed by atoms with Gasteiger partial charge in [-0.15, -0.1) is 0 Å². The van der Waals surface area contributed by atoms with E-state index < -0.39 is 12.1 Å². The number of ether oxygens (including phenoxy) is 1. The number of carbonyl (C=O) groups excluding carboxylic acids is 1. The normalized spacial score (nSPS) is 19.0. The summed E-state index contributed by atoms with van der Waals surface area (Å²) in [5.41, 5.74) is 1.25. The highest BCUT2D eigenvalue weighted by Gasteiger charge is 2.41. The molecule has 1 saturated heterocycles. The molecular formula is C20H21FN2O4. The summed E-state index contributed by atoms with van der Waals surface area (Å²) in [6, 6.07) is 12.3. The summed E-state index contributed by atoms with van der Waals surface area (Å²) >= 11 is 0. The summed E-state index contributed by atoms with van der Waals surface area (Å²) in [4.78, 5) is 24.8. The van der Waals surface area contributed by atoms with Gasteiger partial charge in [0, 0.05) is 12.6 Å². The SMILES string of the molecule is CNC(=O)[C@@H]1CC[C@H](c2ccc(OCc3ccccc3F)cc2)N1C(=O)O. The Kier molecular flexibility index (Phi) is 5.59. The lowest BCUT2D eigenvalue weighted by Crippen LogP contribution is -2.45. The lowest BCUT2D eigenvalue weighted by Gasteiger charge is -2.26. The van der Waals surface area contributed by atoms with Gasteiger partial charge in [-0.25, -0.2) is 9.18 Å². The molecule has 0 saturated carbocycles. The van der Waals surface area contributed by atoms with Crippen LogP contribution >= 0.6 is 0 Å². The maximum Gasteiger partial charge on any atom is 0.408 e. The van der Waals surface area contributed by atoms with Crippen molar-refractivity contribution < 1.29 is 23.8 Å². The number of amides is 2. The molecule has 2 aromatic carbocycles. The first-order valence-corrected chi connectivity index (χ1v) is 8.70.